The number of aliphatic hydroxyl groups excluding tert-OH is 1. The van der Waals surface area contributed by atoms with Gasteiger partial charge in [-0.15, -0.1) is 0 Å². The molecule has 57 heavy (non-hydrogen) atoms. The Hall–Kier alpha value is -2.68. The minimum atomic E-state index is -1.38. The van der Waals surface area contributed by atoms with Crippen LogP contribution in [0.1, 0.15) is 232 Å². The molecule has 0 aromatic heterocycles. The average Bonchev–Trinajstić information content (AvgIpc) is 3.20. The van der Waals surface area contributed by atoms with Crippen molar-refractivity contribution in [2.75, 3.05) is 13.2 Å². The van der Waals surface area contributed by atoms with Gasteiger partial charge in [-0.3, -0.25) is 14.4 Å². The molecule has 2 atom stereocenters. The molecule has 0 radical (unpaired) electrons. The molecule has 0 heterocycles. The second kappa shape index (κ2) is 42.9. The first-order valence-electron chi connectivity index (χ1n) is 23.7. The molecule has 2 amide bonds. The van der Waals surface area contributed by atoms with E-state index >= 15 is 0 Å². The van der Waals surface area contributed by atoms with E-state index in [0.29, 0.717) is 19.3 Å². The normalized spacial score (nSPS) is 12.6. The van der Waals surface area contributed by atoms with E-state index in [1.54, 1.807) is 0 Å². The van der Waals surface area contributed by atoms with E-state index in [4.69, 9.17) is 14.9 Å². The van der Waals surface area contributed by atoms with E-state index in [1.807, 2.05) is 0 Å². The molecule has 0 spiro atoms. The van der Waals surface area contributed by atoms with Gasteiger partial charge in [0.25, 0.3) is 0 Å². The number of esters is 1. The Kier molecular flexibility index (Phi) is 40.9. The molecule has 2 unspecified atom stereocenters. The zero-order valence-electron chi connectivity index (χ0n) is 36.9. The van der Waals surface area contributed by atoms with E-state index in [0.717, 1.165) is 64.2 Å². The molecule has 0 bridgehead atoms. The third-order valence-electron chi connectivity index (χ3n) is 10.7. The van der Waals surface area contributed by atoms with Gasteiger partial charge in [-0.05, 0) is 70.6 Å². The number of ether oxygens (including phenoxy) is 1. The summed E-state index contributed by atoms with van der Waals surface area (Å²) in [6.07, 6.45) is 47.9. The fourth-order valence-corrected chi connectivity index (χ4v) is 7.04. The first-order valence-corrected chi connectivity index (χ1v) is 23.7. The van der Waals surface area contributed by atoms with Crippen LogP contribution >= 0.6 is 0 Å². The number of nitrogens with one attached hydrogen (secondary N) is 2. The molecule has 0 aromatic rings. The first kappa shape index (κ1) is 54.3. The third kappa shape index (κ3) is 39.9. The van der Waals surface area contributed by atoms with Crippen LogP contribution in [-0.4, -0.2) is 59.3 Å². The molecule has 4 N–H and O–H groups in total. The monoisotopic (exact) mass is 805 g/mol. The van der Waals surface area contributed by atoms with Crippen molar-refractivity contribution in [2.45, 2.75) is 244 Å². The zero-order chi connectivity index (χ0) is 41.9. The summed E-state index contributed by atoms with van der Waals surface area (Å²) in [7, 11) is 0. The van der Waals surface area contributed by atoms with E-state index in [9.17, 15) is 19.2 Å². The molecule has 0 saturated heterocycles. The van der Waals surface area contributed by atoms with Crippen LogP contribution < -0.4 is 10.6 Å². The summed E-state index contributed by atoms with van der Waals surface area (Å²) in [6, 6.07) is -1.38. The number of hydrogen-bond acceptors (Lipinski definition) is 6. The van der Waals surface area contributed by atoms with Crippen LogP contribution in [0.5, 0.6) is 0 Å². The summed E-state index contributed by atoms with van der Waals surface area (Å²) < 4.78 is 6.02. The highest BCUT2D eigenvalue weighted by Crippen LogP contribution is 2.19. The molecule has 0 aliphatic rings. The Balaban J connectivity index is 4.11. The molecule has 0 aliphatic carbocycles. The number of hydrogen-bond donors (Lipinski definition) is 4. The Morgan fingerprint density at radius 1 is 0.526 bits per heavy atom. The van der Waals surface area contributed by atoms with E-state index in [2.05, 4.69) is 48.8 Å². The summed E-state index contributed by atoms with van der Waals surface area (Å²) in [5.41, 5.74) is 0. The predicted molar refractivity (Wildman–Crippen MR) is 236 cm³/mol. The van der Waals surface area contributed by atoms with Crippen LogP contribution in [0.3, 0.4) is 0 Å². The number of amides is 2. The van der Waals surface area contributed by atoms with Gasteiger partial charge in [0.05, 0.1) is 13.2 Å². The van der Waals surface area contributed by atoms with Crippen molar-refractivity contribution in [3.63, 3.8) is 0 Å². The van der Waals surface area contributed by atoms with Crippen molar-refractivity contribution in [2.24, 2.45) is 0 Å². The summed E-state index contributed by atoms with van der Waals surface area (Å²) in [5.74, 6) is -2.29. The van der Waals surface area contributed by atoms with Crippen molar-refractivity contribution in [1.29, 1.82) is 0 Å². The lowest BCUT2D eigenvalue weighted by Gasteiger charge is -2.18. The number of aliphatic carboxylic acids is 1. The molecule has 9 heteroatoms. The highest BCUT2D eigenvalue weighted by atomic mass is 16.5. The van der Waals surface area contributed by atoms with Crippen molar-refractivity contribution in [3.8, 4) is 0 Å². The van der Waals surface area contributed by atoms with Crippen LogP contribution in [0, 0.1) is 0 Å². The molecule has 332 valence electrons. The number of carboxylic acids is 1. The second-order valence-electron chi connectivity index (χ2n) is 16.2. The molecular weight excluding hydrogens is 717 g/mol. The average molecular weight is 805 g/mol. The minimum absolute atomic E-state index is 0.0108. The van der Waals surface area contributed by atoms with Gasteiger partial charge in [0.1, 0.15) is 12.1 Å². The molecule has 0 rings (SSSR count). The van der Waals surface area contributed by atoms with Crippen LogP contribution in [0.2, 0.25) is 0 Å². The number of unbranched alkanes of at least 4 members (excludes halogenated alkanes) is 25. The fraction of sp³-hybridized carbons (Fsp3) is 0.833. The number of carbonyl (C=O) groups is 4. The molecule has 0 aromatic carbocycles. The summed E-state index contributed by atoms with van der Waals surface area (Å²) in [5, 5.41) is 22.6. The van der Waals surface area contributed by atoms with E-state index in [1.165, 1.54) is 135 Å². The minimum Gasteiger partial charge on any atom is -0.480 e. The Labute approximate surface area is 349 Å². The van der Waals surface area contributed by atoms with E-state index < -0.39 is 24.5 Å². The van der Waals surface area contributed by atoms with Crippen LogP contribution in [0.15, 0.2) is 24.3 Å². The Bertz CT molecular complexity index is 1010. The topological polar surface area (TPSA) is 142 Å². The van der Waals surface area contributed by atoms with Gasteiger partial charge in [0.2, 0.25) is 11.8 Å². The quantitative estimate of drug-likeness (QED) is 0.0273. The molecule has 0 fully saturated rings. The van der Waals surface area contributed by atoms with Gasteiger partial charge in [-0.1, -0.05) is 173 Å². The summed E-state index contributed by atoms with van der Waals surface area (Å²) in [4.78, 5) is 47.6. The predicted octanol–water partition coefficient (Wildman–Crippen LogP) is 12.0. The van der Waals surface area contributed by atoms with Crippen molar-refractivity contribution in [3.05, 3.63) is 24.3 Å². The lowest BCUT2D eigenvalue weighted by molar-refractivity contribution is -0.150. The number of aliphatic hydroxyl groups is 1. The maximum absolute atomic E-state index is 12.8. The maximum atomic E-state index is 12.8. The fourth-order valence-electron chi connectivity index (χ4n) is 7.04. The van der Waals surface area contributed by atoms with Crippen molar-refractivity contribution < 1.29 is 34.1 Å². The first-order chi connectivity index (χ1) is 27.8. The van der Waals surface area contributed by atoms with Gasteiger partial charge in [-0.25, -0.2) is 4.79 Å². The van der Waals surface area contributed by atoms with Crippen molar-refractivity contribution >= 4 is 23.8 Å². The standard InChI is InChI=1S/C48H88N2O7/c1-3-5-7-9-11-13-14-15-16-17-18-19-20-21-22-23-24-25-27-32-36-40-47(54)57-43(37-33-29-26-12-10-8-6-4-2)38-34-30-28-31-35-39-45(52)49-41-46(53)50-44(42-51)48(55)56/h14-15,17-18,43-44,51H,3-13,16,19-42H2,1-2H3,(H,49,52)(H,50,53)(H,55,56)/b15-14-,18-17-. The van der Waals surface area contributed by atoms with Gasteiger partial charge >= 0.3 is 11.9 Å². The lowest BCUT2D eigenvalue weighted by atomic mass is 10.0. The zero-order valence-corrected chi connectivity index (χ0v) is 36.9. The Morgan fingerprint density at radius 3 is 1.40 bits per heavy atom. The van der Waals surface area contributed by atoms with Crippen LogP contribution in [-0.2, 0) is 23.9 Å². The molecule has 0 saturated carbocycles. The molecular formula is C48H88N2O7. The third-order valence-corrected chi connectivity index (χ3v) is 10.7. The summed E-state index contributed by atoms with van der Waals surface area (Å²) >= 11 is 0. The van der Waals surface area contributed by atoms with Gasteiger partial charge in [0.15, 0.2) is 0 Å². The second-order valence-corrected chi connectivity index (χ2v) is 16.2. The largest absolute Gasteiger partial charge is 0.480 e. The lowest BCUT2D eigenvalue weighted by Crippen LogP contribution is -2.47. The van der Waals surface area contributed by atoms with Gasteiger partial charge in [0, 0.05) is 12.8 Å². The number of carboxylic acid groups (broad SMARTS) is 1. The highest BCUT2D eigenvalue weighted by Gasteiger charge is 2.19. The number of allylic oxidation sites excluding steroid dienone is 4. The highest BCUT2D eigenvalue weighted by molar-refractivity contribution is 5.87. The van der Waals surface area contributed by atoms with Gasteiger partial charge < -0.3 is 25.6 Å². The summed E-state index contributed by atoms with van der Waals surface area (Å²) in [6.45, 7) is 3.48. The SMILES string of the molecule is CCCCCCC/C=C\C/C=C\CCCCCCCCCCCC(=O)OC(CCCCCCCCCC)CCCCCCCC(=O)NCC(=O)NC(CO)C(=O)O. The maximum Gasteiger partial charge on any atom is 0.328 e. The van der Waals surface area contributed by atoms with Gasteiger partial charge in [-0.2, -0.15) is 0 Å². The van der Waals surface area contributed by atoms with Crippen LogP contribution in [0.25, 0.3) is 0 Å². The van der Waals surface area contributed by atoms with Crippen LogP contribution in [0.4, 0.5) is 0 Å². The molecule has 0 aliphatic heterocycles. The Morgan fingerprint density at radius 2 is 0.947 bits per heavy atom. The van der Waals surface area contributed by atoms with E-state index in [-0.39, 0.29) is 24.5 Å². The van der Waals surface area contributed by atoms with Crippen molar-refractivity contribution in [1.82, 2.24) is 10.6 Å². The number of carbonyl (C=O) groups excluding carboxylic acids is 3. The smallest absolute Gasteiger partial charge is 0.328 e. The number of rotatable bonds is 43. The molecule has 9 nitrogen and oxygen atoms in total.